The normalized spacial score (nSPS) is 25.7. The van der Waals surface area contributed by atoms with Gasteiger partial charge in [0.1, 0.15) is 0 Å². The summed E-state index contributed by atoms with van der Waals surface area (Å²) >= 11 is 0. The summed E-state index contributed by atoms with van der Waals surface area (Å²) in [6.45, 7) is 1.77. The fourth-order valence-corrected chi connectivity index (χ4v) is 2.31. The number of piperidine rings is 1. The predicted molar refractivity (Wildman–Crippen MR) is 63.5 cm³/mol. The highest BCUT2D eigenvalue weighted by Crippen LogP contribution is 2.19. The van der Waals surface area contributed by atoms with E-state index in [0.29, 0.717) is 26.1 Å². The summed E-state index contributed by atoms with van der Waals surface area (Å²) in [5.74, 6) is -1.27. The van der Waals surface area contributed by atoms with Gasteiger partial charge in [0.15, 0.2) is 0 Å². The van der Waals surface area contributed by atoms with Crippen LogP contribution in [-0.2, 0) is 11.3 Å². The molecule has 2 N–H and O–H groups in total. The van der Waals surface area contributed by atoms with E-state index in [1.165, 1.54) is 0 Å². The minimum atomic E-state index is -0.818. The van der Waals surface area contributed by atoms with E-state index in [2.05, 4.69) is 0 Å². The number of hydrogen-bond donors (Lipinski definition) is 2. The molecular weight excluding hydrogens is 218 g/mol. The molecule has 0 radical (unpaired) electrons. The van der Waals surface area contributed by atoms with Crippen molar-refractivity contribution in [2.45, 2.75) is 19.1 Å². The average Bonchev–Trinajstić information content (AvgIpc) is 2.29. The lowest BCUT2D eigenvalue weighted by Gasteiger charge is -2.33. The maximum absolute atomic E-state index is 11.0. The second-order valence-electron chi connectivity index (χ2n) is 4.60. The first-order valence-electron chi connectivity index (χ1n) is 5.82. The van der Waals surface area contributed by atoms with Gasteiger partial charge in [0.05, 0.1) is 12.0 Å². The van der Waals surface area contributed by atoms with E-state index >= 15 is 0 Å². The van der Waals surface area contributed by atoms with E-state index in [1.54, 1.807) is 0 Å². The van der Waals surface area contributed by atoms with Crippen LogP contribution in [0.25, 0.3) is 0 Å². The smallest absolute Gasteiger partial charge is 0.307 e. The van der Waals surface area contributed by atoms with E-state index < -0.39 is 18.0 Å². The molecule has 1 heterocycles. The molecule has 0 saturated carbocycles. The molecule has 0 aromatic heterocycles. The van der Waals surface area contributed by atoms with Crippen LogP contribution in [0.15, 0.2) is 30.3 Å². The molecule has 1 fully saturated rings. The lowest BCUT2D eigenvalue weighted by Crippen LogP contribution is -2.45. The van der Waals surface area contributed by atoms with Crippen LogP contribution in [0.1, 0.15) is 12.0 Å². The number of aliphatic hydroxyl groups is 1. The van der Waals surface area contributed by atoms with Gasteiger partial charge in [-0.05, 0) is 12.0 Å². The minimum absolute atomic E-state index is 0.362. The lowest BCUT2D eigenvalue weighted by molar-refractivity contribution is -0.145. The monoisotopic (exact) mass is 235 g/mol. The predicted octanol–water partition coefficient (Wildman–Crippen LogP) is 0.954. The molecule has 0 spiro atoms. The standard InChI is InChI=1S/C13H17NO3/c15-12-6-11(13(16)17)8-14(9-12)7-10-4-2-1-3-5-10/h1-5,11-12,15H,6-9H2,(H,16,17)/t11-,12+/m1/s1. The molecule has 4 nitrogen and oxygen atoms in total. The van der Waals surface area contributed by atoms with Crippen molar-refractivity contribution < 1.29 is 15.0 Å². The minimum Gasteiger partial charge on any atom is -0.481 e. The van der Waals surface area contributed by atoms with Crippen LogP contribution < -0.4 is 0 Å². The highest BCUT2D eigenvalue weighted by atomic mass is 16.4. The zero-order valence-corrected chi connectivity index (χ0v) is 9.62. The Hall–Kier alpha value is -1.39. The molecule has 4 heteroatoms. The number of likely N-dealkylation sites (tertiary alicyclic amines) is 1. The molecule has 1 aliphatic rings. The molecule has 1 aromatic rings. The molecule has 0 amide bonds. The highest BCUT2D eigenvalue weighted by Gasteiger charge is 2.30. The Morgan fingerprint density at radius 2 is 2.00 bits per heavy atom. The number of nitrogens with zero attached hydrogens (tertiary/aromatic N) is 1. The van der Waals surface area contributed by atoms with Crippen molar-refractivity contribution in [2.24, 2.45) is 5.92 Å². The largest absolute Gasteiger partial charge is 0.481 e. The average molecular weight is 235 g/mol. The van der Waals surface area contributed by atoms with Gasteiger partial charge in [0, 0.05) is 19.6 Å². The number of benzene rings is 1. The van der Waals surface area contributed by atoms with E-state index in [1.807, 2.05) is 35.2 Å². The molecule has 1 aromatic carbocycles. The first-order chi connectivity index (χ1) is 8.15. The Bertz CT molecular complexity index is 380. The zero-order chi connectivity index (χ0) is 12.3. The number of carboxylic acids is 1. The highest BCUT2D eigenvalue weighted by molar-refractivity contribution is 5.70. The van der Waals surface area contributed by atoms with Crippen LogP contribution in [-0.4, -0.2) is 40.3 Å². The molecule has 2 rings (SSSR count). The molecule has 0 aliphatic carbocycles. The third kappa shape index (κ3) is 3.28. The van der Waals surface area contributed by atoms with Gasteiger partial charge in [-0.25, -0.2) is 0 Å². The van der Waals surface area contributed by atoms with Crippen LogP contribution in [0.3, 0.4) is 0 Å². The summed E-state index contributed by atoms with van der Waals surface area (Å²) in [5.41, 5.74) is 1.14. The van der Waals surface area contributed by atoms with E-state index in [4.69, 9.17) is 5.11 Å². The second-order valence-corrected chi connectivity index (χ2v) is 4.60. The van der Waals surface area contributed by atoms with Crippen molar-refractivity contribution >= 4 is 5.97 Å². The Morgan fingerprint density at radius 3 is 2.65 bits per heavy atom. The SMILES string of the molecule is O=C(O)[C@@H]1C[C@H](O)CN(Cc2ccccc2)C1. The molecule has 0 unspecified atom stereocenters. The Balaban J connectivity index is 1.99. The van der Waals surface area contributed by atoms with E-state index in [0.717, 1.165) is 5.56 Å². The molecule has 0 bridgehead atoms. The third-order valence-corrected chi connectivity index (χ3v) is 3.10. The van der Waals surface area contributed by atoms with E-state index in [9.17, 15) is 9.90 Å². The van der Waals surface area contributed by atoms with Crippen LogP contribution >= 0.6 is 0 Å². The van der Waals surface area contributed by atoms with Crippen LogP contribution in [0.5, 0.6) is 0 Å². The molecule has 1 aliphatic heterocycles. The molecule has 2 atom stereocenters. The van der Waals surface area contributed by atoms with Crippen molar-refractivity contribution in [3.63, 3.8) is 0 Å². The van der Waals surface area contributed by atoms with Crippen LogP contribution in [0.2, 0.25) is 0 Å². The van der Waals surface area contributed by atoms with Gasteiger partial charge in [-0.3, -0.25) is 9.69 Å². The summed E-state index contributed by atoms with van der Waals surface area (Å²) in [7, 11) is 0. The van der Waals surface area contributed by atoms with Gasteiger partial charge in [-0.1, -0.05) is 30.3 Å². The number of carboxylic acid groups (broad SMARTS) is 1. The maximum atomic E-state index is 11.0. The van der Waals surface area contributed by atoms with Crippen molar-refractivity contribution in [1.29, 1.82) is 0 Å². The number of aliphatic hydroxyl groups excluding tert-OH is 1. The van der Waals surface area contributed by atoms with Crippen molar-refractivity contribution in [3.8, 4) is 0 Å². The zero-order valence-electron chi connectivity index (χ0n) is 9.62. The van der Waals surface area contributed by atoms with Gasteiger partial charge in [-0.2, -0.15) is 0 Å². The number of hydrogen-bond acceptors (Lipinski definition) is 3. The van der Waals surface area contributed by atoms with Crippen molar-refractivity contribution in [2.75, 3.05) is 13.1 Å². The Morgan fingerprint density at radius 1 is 1.29 bits per heavy atom. The Kier molecular flexibility index (Phi) is 3.76. The summed E-state index contributed by atoms with van der Waals surface area (Å²) in [6, 6.07) is 9.90. The number of carbonyl (C=O) groups is 1. The fourth-order valence-electron chi connectivity index (χ4n) is 2.31. The van der Waals surface area contributed by atoms with Crippen LogP contribution in [0, 0.1) is 5.92 Å². The number of aliphatic carboxylic acids is 1. The second kappa shape index (κ2) is 5.29. The fraction of sp³-hybridized carbons (Fsp3) is 0.462. The summed E-state index contributed by atoms with van der Waals surface area (Å²) in [6.07, 6.45) is -0.172. The maximum Gasteiger partial charge on any atom is 0.307 e. The summed E-state index contributed by atoms with van der Waals surface area (Å²) < 4.78 is 0. The number of rotatable bonds is 3. The van der Waals surface area contributed by atoms with Gasteiger partial charge in [0.2, 0.25) is 0 Å². The topological polar surface area (TPSA) is 60.8 Å². The summed E-state index contributed by atoms with van der Waals surface area (Å²) in [5, 5.41) is 18.7. The first kappa shape index (κ1) is 12.1. The van der Waals surface area contributed by atoms with Gasteiger partial charge < -0.3 is 10.2 Å². The molecule has 92 valence electrons. The van der Waals surface area contributed by atoms with Gasteiger partial charge in [0.25, 0.3) is 0 Å². The molecule has 17 heavy (non-hydrogen) atoms. The third-order valence-electron chi connectivity index (χ3n) is 3.10. The Labute approximate surface area is 100 Å². The number of β-amino-alcohol motifs (C(OH)–C–C–N with tert-alkyl or cyclic N) is 1. The summed E-state index contributed by atoms with van der Waals surface area (Å²) in [4.78, 5) is 13.0. The van der Waals surface area contributed by atoms with Gasteiger partial charge in [-0.15, -0.1) is 0 Å². The van der Waals surface area contributed by atoms with Crippen molar-refractivity contribution in [3.05, 3.63) is 35.9 Å². The van der Waals surface area contributed by atoms with Crippen LogP contribution in [0.4, 0.5) is 0 Å². The lowest BCUT2D eigenvalue weighted by atomic mass is 9.96. The molecular formula is C13H17NO3. The van der Waals surface area contributed by atoms with Crippen molar-refractivity contribution in [1.82, 2.24) is 4.90 Å². The van der Waals surface area contributed by atoms with Gasteiger partial charge >= 0.3 is 5.97 Å². The quantitative estimate of drug-likeness (QED) is 0.819. The first-order valence-corrected chi connectivity index (χ1v) is 5.82. The molecule has 1 saturated heterocycles. The van der Waals surface area contributed by atoms with E-state index in [-0.39, 0.29) is 0 Å².